The van der Waals surface area contributed by atoms with Crippen LogP contribution in [0, 0.1) is 0 Å². The van der Waals surface area contributed by atoms with Gasteiger partial charge in [0.05, 0.1) is 11.5 Å². The fraction of sp³-hybridized carbons (Fsp3) is 0.300. The van der Waals surface area contributed by atoms with E-state index in [0.29, 0.717) is 5.56 Å². The summed E-state index contributed by atoms with van der Waals surface area (Å²) in [7, 11) is 0. The molecular formula is C10H8F2O2. The number of benzene rings is 1. The van der Waals surface area contributed by atoms with E-state index in [1.807, 2.05) is 0 Å². The molecule has 1 saturated carbocycles. The molecule has 0 aliphatic heterocycles. The lowest BCUT2D eigenvalue weighted by Crippen LogP contribution is -1.97. The summed E-state index contributed by atoms with van der Waals surface area (Å²) in [4.78, 5) is 10.5. The van der Waals surface area contributed by atoms with Gasteiger partial charge in [-0.25, -0.2) is 13.6 Å². The lowest BCUT2D eigenvalue weighted by Gasteiger charge is -1.99. The summed E-state index contributed by atoms with van der Waals surface area (Å²) in [5.74, 6) is -4.35. The maximum atomic E-state index is 12.6. The van der Waals surface area contributed by atoms with E-state index in [-0.39, 0.29) is 12.0 Å². The van der Waals surface area contributed by atoms with Crippen molar-refractivity contribution < 1.29 is 18.7 Å². The van der Waals surface area contributed by atoms with Gasteiger partial charge in [0.2, 0.25) is 0 Å². The number of carbonyl (C=O) groups is 1. The first kappa shape index (κ1) is 9.12. The molecular weight excluding hydrogens is 190 g/mol. The van der Waals surface area contributed by atoms with Gasteiger partial charge < -0.3 is 5.11 Å². The molecule has 0 amide bonds. The SMILES string of the molecule is O=C(O)c1ccc([C@H]2CC2(F)F)cc1. The largest absolute Gasteiger partial charge is 0.478 e. The number of rotatable bonds is 2. The molecule has 14 heavy (non-hydrogen) atoms. The Hall–Kier alpha value is -1.45. The highest BCUT2D eigenvalue weighted by atomic mass is 19.3. The fourth-order valence-electron chi connectivity index (χ4n) is 1.43. The third-order valence-corrected chi connectivity index (χ3v) is 2.39. The van der Waals surface area contributed by atoms with Crippen LogP contribution < -0.4 is 0 Å². The van der Waals surface area contributed by atoms with Gasteiger partial charge in [-0.1, -0.05) is 12.1 Å². The molecule has 0 radical (unpaired) electrons. The summed E-state index contributed by atoms with van der Waals surface area (Å²) in [6, 6.07) is 5.61. The zero-order valence-corrected chi connectivity index (χ0v) is 7.21. The first-order chi connectivity index (χ1) is 6.50. The topological polar surface area (TPSA) is 37.3 Å². The van der Waals surface area contributed by atoms with Crippen LogP contribution in [-0.2, 0) is 0 Å². The van der Waals surface area contributed by atoms with E-state index in [1.165, 1.54) is 24.3 Å². The second kappa shape index (κ2) is 2.77. The molecule has 1 atom stereocenters. The van der Waals surface area contributed by atoms with Crippen LogP contribution in [0.1, 0.15) is 28.3 Å². The molecule has 74 valence electrons. The summed E-state index contributed by atoms with van der Waals surface area (Å²) in [6.07, 6.45) is -0.126. The van der Waals surface area contributed by atoms with Gasteiger partial charge in [0.15, 0.2) is 0 Å². The Kier molecular flexibility index (Phi) is 1.80. The van der Waals surface area contributed by atoms with Crippen LogP contribution in [0.2, 0.25) is 0 Å². The molecule has 1 aliphatic rings. The highest BCUT2D eigenvalue weighted by Crippen LogP contribution is 2.55. The number of aromatic carboxylic acids is 1. The number of carboxylic acids is 1. The zero-order valence-electron chi connectivity index (χ0n) is 7.21. The van der Waals surface area contributed by atoms with Crippen molar-refractivity contribution >= 4 is 5.97 Å². The van der Waals surface area contributed by atoms with Crippen LogP contribution in [0.15, 0.2) is 24.3 Å². The van der Waals surface area contributed by atoms with Crippen LogP contribution in [0.3, 0.4) is 0 Å². The van der Waals surface area contributed by atoms with Crippen molar-refractivity contribution in [2.45, 2.75) is 18.3 Å². The molecule has 0 saturated heterocycles. The summed E-state index contributed by atoms with van der Waals surface area (Å²) in [5, 5.41) is 8.58. The van der Waals surface area contributed by atoms with Crippen molar-refractivity contribution in [2.75, 3.05) is 0 Å². The van der Waals surface area contributed by atoms with E-state index >= 15 is 0 Å². The third-order valence-electron chi connectivity index (χ3n) is 2.39. The lowest BCUT2D eigenvalue weighted by molar-refractivity contribution is 0.0697. The van der Waals surface area contributed by atoms with Crippen molar-refractivity contribution in [3.63, 3.8) is 0 Å². The maximum Gasteiger partial charge on any atom is 0.335 e. The molecule has 1 aromatic carbocycles. The number of halogens is 2. The minimum atomic E-state index is -2.59. The van der Waals surface area contributed by atoms with Crippen molar-refractivity contribution in [1.29, 1.82) is 0 Å². The zero-order chi connectivity index (χ0) is 10.3. The molecule has 0 spiro atoms. The van der Waals surface area contributed by atoms with Crippen LogP contribution in [0.5, 0.6) is 0 Å². The van der Waals surface area contributed by atoms with Crippen LogP contribution in [-0.4, -0.2) is 17.0 Å². The van der Waals surface area contributed by atoms with E-state index in [1.54, 1.807) is 0 Å². The Morgan fingerprint density at radius 1 is 1.36 bits per heavy atom. The number of hydrogen-bond donors (Lipinski definition) is 1. The summed E-state index contributed by atoms with van der Waals surface area (Å²) in [5.41, 5.74) is 0.637. The molecule has 0 unspecified atom stereocenters. The van der Waals surface area contributed by atoms with Crippen molar-refractivity contribution in [3.05, 3.63) is 35.4 Å². The van der Waals surface area contributed by atoms with E-state index in [4.69, 9.17) is 5.11 Å². The molecule has 0 bridgehead atoms. The summed E-state index contributed by atoms with van der Waals surface area (Å²) < 4.78 is 25.2. The smallest absolute Gasteiger partial charge is 0.335 e. The van der Waals surface area contributed by atoms with E-state index < -0.39 is 17.8 Å². The van der Waals surface area contributed by atoms with Crippen LogP contribution in [0.4, 0.5) is 8.78 Å². The van der Waals surface area contributed by atoms with Gasteiger partial charge in [-0.2, -0.15) is 0 Å². The second-order valence-corrected chi connectivity index (χ2v) is 3.44. The van der Waals surface area contributed by atoms with E-state index in [2.05, 4.69) is 0 Å². The molecule has 2 nitrogen and oxygen atoms in total. The van der Waals surface area contributed by atoms with Crippen LogP contribution >= 0.6 is 0 Å². The van der Waals surface area contributed by atoms with Gasteiger partial charge in [0.1, 0.15) is 0 Å². The Morgan fingerprint density at radius 2 is 1.86 bits per heavy atom. The van der Waals surface area contributed by atoms with Gasteiger partial charge >= 0.3 is 5.97 Å². The maximum absolute atomic E-state index is 12.6. The number of alkyl halides is 2. The molecule has 1 aromatic rings. The number of hydrogen-bond acceptors (Lipinski definition) is 1. The predicted octanol–water partition coefficient (Wildman–Crippen LogP) is 2.51. The number of carboxylic acid groups (broad SMARTS) is 1. The van der Waals surface area contributed by atoms with E-state index in [9.17, 15) is 13.6 Å². The van der Waals surface area contributed by atoms with Gasteiger partial charge in [0, 0.05) is 6.42 Å². The average Bonchev–Trinajstić information content (AvgIpc) is 2.75. The second-order valence-electron chi connectivity index (χ2n) is 3.44. The van der Waals surface area contributed by atoms with Crippen molar-refractivity contribution in [2.24, 2.45) is 0 Å². The summed E-state index contributed by atoms with van der Waals surface area (Å²) >= 11 is 0. The Balaban J connectivity index is 2.20. The summed E-state index contributed by atoms with van der Waals surface area (Å²) in [6.45, 7) is 0. The predicted molar refractivity (Wildman–Crippen MR) is 45.7 cm³/mol. The molecule has 1 N–H and O–H groups in total. The van der Waals surface area contributed by atoms with Crippen LogP contribution in [0.25, 0.3) is 0 Å². The van der Waals surface area contributed by atoms with Crippen molar-refractivity contribution in [3.8, 4) is 0 Å². The highest BCUT2D eigenvalue weighted by Gasteiger charge is 2.57. The first-order valence-electron chi connectivity index (χ1n) is 4.22. The fourth-order valence-corrected chi connectivity index (χ4v) is 1.43. The van der Waals surface area contributed by atoms with Gasteiger partial charge in [-0.05, 0) is 17.7 Å². The minimum absolute atomic E-state index is 0.123. The average molecular weight is 198 g/mol. The Bertz CT molecular complexity index is 370. The first-order valence-corrected chi connectivity index (χ1v) is 4.22. The standard InChI is InChI=1S/C10H8F2O2/c11-10(12)5-8(10)6-1-3-7(4-2-6)9(13)14/h1-4,8H,5H2,(H,13,14)/t8-/m1/s1. The van der Waals surface area contributed by atoms with Crippen molar-refractivity contribution in [1.82, 2.24) is 0 Å². The lowest BCUT2D eigenvalue weighted by atomic mass is 10.1. The highest BCUT2D eigenvalue weighted by molar-refractivity contribution is 5.87. The molecule has 1 fully saturated rings. The Labute approximate surface area is 79.2 Å². The van der Waals surface area contributed by atoms with E-state index in [0.717, 1.165) is 0 Å². The third kappa shape index (κ3) is 1.47. The molecule has 4 heteroatoms. The Morgan fingerprint density at radius 3 is 2.21 bits per heavy atom. The normalized spacial score (nSPS) is 23.1. The minimum Gasteiger partial charge on any atom is -0.478 e. The van der Waals surface area contributed by atoms with Gasteiger partial charge in [-0.15, -0.1) is 0 Å². The van der Waals surface area contributed by atoms with Gasteiger partial charge in [-0.3, -0.25) is 0 Å². The molecule has 0 heterocycles. The quantitative estimate of drug-likeness (QED) is 0.792. The van der Waals surface area contributed by atoms with Gasteiger partial charge in [0.25, 0.3) is 5.92 Å². The monoisotopic (exact) mass is 198 g/mol. The molecule has 0 aromatic heterocycles. The molecule has 2 rings (SSSR count). The molecule has 1 aliphatic carbocycles.